The third-order valence-electron chi connectivity index (χ3n) is 14.6. The van der Waals surface area contributed by atoms with Gasteiger partial charge in [0.15, 0.2) is 22.6 Å². The largest absolute Gasteiger partial charge is 0.444 e. The first-order chi connectivity index (χ1) is 47.3. The number of carbonyl (C=O) groups excluding carboxylic acids is 2. The summed E-state index contributed by atoms with van der Waals surface area (Å²) in [6, 6.07) is 0.605. The quantitative estimate of drug-likeness (QED) is 0.115. The molecule has 15 heterocycles. The van der Waals surface area contributed by atoms with E-state index in [9.17, 15) is 9.59 Å². The number of fused-ring (bicyclic) bond motifs is 4. The number of imidazole rings is 4. The highest BCUT2D eigenvalue weighted by atomic mass is 79.9. The first kappa shape index (κ1) is 70.7. The van der Waals surface area contributed by atoms with Crippen LogP contribution in [-0.2, 0) is 9.47 Å². The average Bonchev–Trinajstić information content (AvgIpc) is 1.64. The Morgan fingerprint density at radius 1 is 0.500 bits per heavy atom. The maximum atomic E-state index is 12.4. The minimum Gasteiger partial charge on any atom is -0.444 e. The molecule has 510 valence electrons. The van der Waals surface area contributed by atoms with E-state index in [1.54, 1.807) is 121 Å². The second kappa shape index (κ2) is 33.7. The smallest absolute Gasteiger partial charge is 0.410 e. The number of nitrogens with two attached hydrogens (primary N) is 1. The van der Waals surface area contributed by atoms with E-state index >= 15 is 0 Å². The molecule has 0 spiro atoms. The first-order valence-electron chi connectivity index (χ1n) is 31.5. The summed E-state index contributed by atoms with van der Waals surface area (Å²) in [4.78, 5) is 94.1. The molecule has 0 bridgehead atoms. The predicted molar refractivity (Wildman–Crippen MR) is 374 cm³/mol. The molecule has 2 amide bonds. The molecule has 12 aromatic heterocycles. The van der Waals surface area contributed by atoms with Gasteiger partial charge < -0.3 is 45.4 Å². The normalized spacial score (nSPS) is 16.1. The number of halogens is 3. The van der Waals surface area contributed by atoms with Crippen molar-refractivity contribution >= 4 is 85.5 Å². The van der Waals surface area contributed by atoms with Crippen molar-refractivity contribution in [3.63, 3.8) is 0 Å². The van der Waals surface area contributed by atoms with Gasteiger partial charge in [-0.1, -0.05) is 23.2 Å². The molecule has 3 atom stereocenters. The minimum absolute atomic E-state index is 0.0900. The summed E-state index contributed by atoms with van der Waals surface area (Å²) in [6.07, 6.45) is 48.8. The van der Waals surface area contributed by atoms with Crippen LogP contribution in [0.4, 0.5) is 21.2 Å². The van der Waals surface area contributed by atoms with Crippen LogP contribution < -0.4 is 21.7 Å². The van der Waals surface area contributed by atoms with Gasteiger partial charge >= 0.3 is 12.2 Å². The van der Waals surface area contributed by atoms with Crippen molar-refractivity contribution in [1.29, 1.82) is 0 Å². The van der Waals surface area contributed by atoms with Crippen LogP contribution in [0.3, 0.4) is 0 Å². The Labute approximate surface area is 582 Å². The van der Waals surface area contributed by atoms with Crippen molar-refractivity contribution in [2.75, 3.05) is 49.9 Å². The number of aromatic nitrogens is 20. The molecule has 12 aromatic rings. The van der Waals surface area contributed by atoms with Gasteiger partial charge in [0.2, 0.25) is 0 Å². The molecular weight excluding hydrogens is 1360 g/mol. The Balaban J connectivity index is 0.000000134. The number of ether oxygens (including phenoxy) is 2. The highest BCUT2D eigenvalue weighted by molar-refractivity contribution is 9.10. The maximum Gasteiger partial charge on any atom is 0.410 e. The number of hydrogen-bond donors (Lipinski definition) is 4. The number of nitrogens with one attached hydrogen (secondary N) is 3. The minimum atomic E-state index is -0.499. The summed E-state index contributed by atoms with van der Waals surface area (Å²) in [6.45, 7) is 16.0. The van der Waals surface area contributed by atoms with Gasteiger partial charge in [-0.05, 0) is 103 Å². The molecule has 0 aromatic carbocycles. The third-order valence-corrected chi connectivity index (χ3v) is 15.3. The number of amides is 2. The number of piperidine rings is 3. The summed E-state index contributed by atoms with van der Waals surface area (Å²) in [5, 5.41) is 11.0. The summed E-state index contributed by atoms with van der Waals surface area (Å²) in [5.74, 6) is 1.47. The summed E-state index contributed by atoms with van der Waals surface area (Å²) in [5.41, 5.74) is 12.9. The lowest BCUT2D eigenvalue weighted by Crippen LogP contribution is -2.47. The van der Waals surface area contributed by atoms with E-state index in [0.29, 0.717) is 57.8 Å². The van der Waals surface area contributed by atoms with Crippen LogP contribution in [0.25, 0.3) is 56.8 Å². The molecule has 3 saturated heterocycles. The van der Waals surface area contributed by atoms with E-state index in [-0.39, 0.29) is 24.3 Å². The predicted octanol–water partition coefficient (Wildman–Crippen LogP) is 10.2. The second-order valence-electron chi connectivity index (χ2n) is 24.5. The second-order valence-corrected chi connectivity index (χ2v) is 26.1. The lowest BCUT2D eigenvalue weighted by atomic mass is 10.1. The molecule has 3 fully saturated rings. The Bertz CT molecular complexity index is 4490. The van der Waals surface area contributed by atoms with Gasteiger partial charge in [-0.3, -0.25) is 53.1 Å². The fourth-order valence-corrected chi connectivity index (χ4v) is 11.0. The Hall–Kier alpha value is -10.1. The Morgan fingerprint density at radius 2 is 0.949 bits per heavy atom. The lowest BCUT2D eigenvalue weighted by molar-refractivity contribution is 0.0193. The van der Waals surface area contributed by atoms with Crippen LogP contribution in [0.2, 0.25) is 10.3 Å². The van der Waals surface area contributed by atoms with E-state index < -0.39 is 11.2 Å². The van der Waals surface area contributed by atoms with Gasteiger partial charge in [0.1, 0.15) is 54.8 Å². The molecule has 0 aliphatic carbocycles. The SMILES string of the molecule is CC(C)(C)OC(=O)N1CCC[C@@H](N)C1.CC(C)(C)OC(=O)N1CCC[C@@H](Nc2cncc(-c3cnc4cnccn34)n2)C1.Clc1cncc(-c2cnc3cnccn23)n1.Clc1cncc(Br)n1.c1cn2c(-c3cncc(N[C@@H]4CCCNC4)n3)cnc2cn1.c1cn2ccnc2cn1. The number of hydrogen-bond acceptors (Lipinski definition) is 24. The topological polar surface area (TPSA) is 345 Å². The van der Waals surface area contributed by atoms with Crippen LogP contribution in [0.5, 0.6) is 0 Å². The van der Waals surface area contributed by atoms with Crippen molar-refractivity contribution in [3.05, 3.63) is 170 Å². The summed E-state index contributed by atoms with van der Waals surface area (Å²) < 4.78 is 19.1. The molecule has 0 radical (unpaired) electrons. The first-order valence-corrected chi connectivity index (χ1v) is 33.1. The molecule has 33 heteroatoms. The molecular formula is C65H75BrCl2N26O4. The maximum absolute atomic E-state index is 12.4. The van der Waals surface area contributed by atoms with E-state index in [1.165, 1.54) is 18.8 Å². The number of anilines is 2. The molecule has 98 heavy (non-hydrogen) atoms. The van der Waals surface area contributed by atoms with Crippen molar-refractivity contribution in [2.24, 2.45) is 5.73 Å². The van der Waals surface area contributed by atoms with Crippen molar-refractivity contribution in [3.8, 4) is 34.2 Å². The van der Waals surface area contributed by atoms with E-state index in [0.717, 1.165) is 103 Å². The molecule has 30 nitrogen and oxygen atoms in total. The summed E-state index contributed by atoms with van der Waals surface area (Å²) >= 11 is 14.3. The van der Waals surface area contributed by atoms with Gasteiger partial charge in [0, 0.05) is 113 Å². The number of nitrogens with zero attached hydrogens (tertiary/aromatic N) is 22. The van der Waals surface area contributed by atoms with Crippen LogP contribution in [0.1, 0.15) is 80.1 Å². The van der Waals surface area contributed by atoms with Gasteiger partial charge in [-0.25, -0.2) is 49.5 Å². The molecule has 0 saturated carbocycles. The lowest BCUT2D eigenvalue weighted by Gasteiger charge is -2.34. The van der Waals surface area contributed by atoms with Gasteiger partial charge in [0.05, 0.1) is 110 Å². The van der Waals surface area contributed by atoms with E-state index in [1.807, 2.05) is 90.1 Å². The van der Waals surface area contributed by atoms with Crippen molar-refractivity contribution in [1.82, 2.24) is 112 Å². The number of carbonyl (C=O) groups is 2. The number of rotatable bonds is 7. The van der Waals surface area contributed by atoms with Crippen molar-refractivity contribution < 1.29 is 19.1 Å². The highest BCUT2D eigenvalue weighted by Crippen LogP contribution is 2.25. The van der Waals surface area contributed by atoms with Gasteiger partial charge in [-0.2, -0.15) is 0 Å². The monoisotopic (exact) mass is 1430 g/mol. The molecule has 5 N–H and O–H groups in total. The van der Waals surface area contributed by atoms with Gasteiger partial charge in [-0.15, -0.1) is 0 Å². The fourth-order valence-electron chi connectivity index (χ4n) is 10.3. The van der Waals surface area contributed by atoms with Crippen molar-refractivity contribution in [2.45, 2.75) is 109 Å². The van der Waals surface area contributed by atoms with E-state index in [2.05, 4.69) is 107 Å². The van der Waals surface area contributed by atoms with Crippen LogP contribution in [0.15, 0.2) is 160 Å². The fraction of sp³-hybridized carbons (Fsp3) is 0.354. The zero-order chi connectivity index (χ0) is 69.0. The Kier molecular flexibility index (Phi) is 24.3. The van der Waals surface area contributed by atoms with Crippen LogP contribution >= 0.6 is 39.1 Å². The number of likely N-dealkylation sites (tertiary alicyclic amines) is 2. The zero-order valence-corrected chi connectivity index (χ0v) is 57.9. The average molecular weight is 1440 g/mol. The van der Waals surface area contributed by atoms with E-state index in [4.69, 9.17) is 43.4 Å². The highest BCUT2D eigenvalue weighted by Gasteiger charge is 2.29. The molecule has 3 aliphatic heterocycles. The molecule has 3 aliphatic rings. The Morgan fingerprint density at radius 3 is 1.42 bits per heavy atom. The molecule has 15 rings (SSSR count). The van der Waals surface area contributed by atoms with Crippen LogP contribution in [0, 0.1) is 0 Å². The zero-order valence-electron chi connectivity index (χ0n) is 54.8. The summed E-state index contributed by atoms with van der Waals surface area (Å²) in [7, 11) is 0. The third kappa shape index (κ3) is 20.7. The standard InChI is InChI=1S/C20H25N7O2.C15H17N7.C10H6ClN5.C10H20N2O2.C6H5N3.C4H2BrClN2/c1-20(2,3)29-19(28)26-7-4-5-14(13-26)24-17-11-22-9-15(25-17)16-10-23-18-12-21-6-8-27(16)18;1-2-11(6-16-3-1)20-14-9-18-7-12(21-14)13-8-19-15-10-17-4-5-22(13)15;11-9-5-13-3-7(15-9)8-4-14-10-6-12-1-2-16(8)10;1-10(2,3)14-9(13)12-6-4-5-8(11)7-12;1-3-9-4-2-8-6(9)5-7-1;5-3-1-7-2-4(6)8-3/h6,8-12,14H,4-5,7,13H2,1-3H3,(H,24,25);4-5,7-11,16H,1-3,6H2,(H,20,21);1-6H;8H,4-7,11H2,1-3H3;1-5H;1-2H/t14-;11-;;8-;;/m11.1../s1. The van der Waals surface area contributed by atoms with Crippen LogP contribution in [-0.4, -0.2) is 188 Å². The molecule has 0 unspecified atom stereocenters. The van der Waals surface area contributed by atoms with Gasteiger partial charge in [0.25, 0.3) is 0 Å².